The number of carbonyl (C=O) groups is 2. The molecule has 0 aliphatic carbocycles. The molecule has 0 aliphatic rings. The molecule has 1 aromatic rings. The van der Waals surface area contributed by atoms with E-state index in [0.717, 1.165) is 12.3 Å². The quantitative estimate of drug-likeness (QED) is 0.823. The number of aromatic nitrogens is 1. The Balaban J connectivity index is 3.06. The van der Waals surface area contributed by atoms with E-state index < -0.39 is 31.1 Å². The van der Waals surface area contributed by atoms with Crippen LogP contribution in [-0.4, -0.2) is 41.2 Å². The largest absolute Gasteiger partial charge is 0.480 e. The molecular formula is C10H10F3N3O3. The Bertz CT molecular complexity index is 490. The van der Waals surface area contributed by atoms with Crippen LogP contribution >= 0.6 is 0 Å². The van der Waals surface area contributed by atoms with Crippen molar-refractivity contribution in [2.24, 2.45) is 5.73 Å². The Labute approximate surface area is 105 Å². The summed E-state index contributed by atoms with van der Waals surface area (Å²) in [5.41, 5.74) is 4.93. The van der Waals surface area contributed by atoms with Gasteiger partial charge >= 0.3 is 12.1 Å². The Hall–Kier alpha value is -2.32. The van der Waals surface area contributed by atoms with Crippen molar-refractivity contribution >= 4 is 17.7 Å². The van der Waals surface area contributed by atoms with E-state index in [-0.39, 0.29) is 11.4 Å². The third kappa shape index (κ3) is 4.82. The molecule has 0 aliphatic heterocycles. The monoisotopic (exact) mass is 277 g/mol. The van der Waals surface area contributed by atoms with Gasteiger partial charge in [0.25, 0.3) is 0 Å². The third-order valence-electron chi connectivity index (χ3n) is 2.05. The van der Waals surface area contributed by atoms with Crippen molar-refractivity contribution in [1.29, 1.82) is 0 Å². The van der Waals surface area contributed by atoms with E-state index >= 15 is 0 Å². The zero-order valence-electron chi connectivity index (χ0n) is 9.52. The van der Waals surface area contributed by atoms with Crippen molar-refractivity contribution < 1.29 is 27.9 Å². The molecule has 9 heteroatoms. The Morgan fingerprint density at radius 1 is 1.42 bits per heavy atom. The molecule has 0 radical (unpaired) electrons. The third-order valence-corrected chi connectivity index (χ3v) is 2.05. The Morgan fingerprint density at radius 3 is 2.53 bits per heavy atom. The van der Waals surface area contributed by atoms with E-state index in [1.807, 2.05) is 0 Å². The first kappa shape index (κ1) is 14.7. The van der Waals surface area contributed by atoms with Crippen molar-refractivity contribution in [3.8, 4) is 0 Å². The first-order valence-electron chi connectivity index (χ1n) is 4.98. The van der Waals surface area contributed by atoms with Crippen molar-refractivity contribution in [3.63, 3.8) is 0 Å². The highest BCUT2D eigenvalue weighted by molar-refractivity contribution is 5.93. The number of anilines is 1. The van der Waals surface area contributed by atoms with Crippen LogP contribution in [0.1, 0.15) is 10.4 Å². The number of carboxylic acid groups (broad SMARTS) is 1. The molecule has 104 valence electrons. The number of aliphatic carboxylic acids is 1. The number of nitrogens with zero attached hydrogens (tertiary/aromatic N) is 2. The molecule has 1 aromatic heterocycles. The van der Waals surface area contributed by atoms with Crippen LogP contribution in [0.4, 0.5) is 19.0 Å². The second kappa shape index (κ2) is 5.55. The standard InChI is InChI=1S/C10H10F3N3O3/c11-10(12,13)5-16(4-8(17)18)7-3-6(9(14)19)1-2-15-7/h1-3H,4-5H2,(H2,14,19)(H,17,18). The summed E-state index contributed by atoms with van der Waals surface area (Å²) in [5.74, 6) is -2.57. The molecule has 0 unspecified atom stereocenters. The lowest BCUT2D eigenvalue weighted by Gasteiger charge is -2.23. The minimum absolute atomic E-state index is 0.0532. The van der Waals surface area contributed by atoms with Gasteiger partial charge in [-0.3, -0.25) is 9.59 Å². The maximum atomic E-state index is 12.3. The molecule has 0 aromatic carbocycles. The van der Waals surface area contributed by atoms with Gasteiger partial charge in [-0.05, 0) is 12.1 Å². The average Bonchev–Trinajstić information content (AvgIpc) is 2.25. The van der Waals surface area contributed by atoms with Gasteiger partial charge in [0.05, 0.1) is 0 Å². The maximum Gasteiger partial charge on any atom is 0.405 e. The summed E-state index contributed by atoms with van der Waals surface area (Å²) in [7, 11) is 0. The predicted molar refractivity (Wildman–Crippen MR) is 58.7 cm³/mol. The van der Waals surface area contributed by atoms with Gasteiger partial charge in [0.2, 0.25) is 5.91 Å². The molecule has 1 amide bonds. The minimum Gasteiger partial charge on any atom is -0.480 e. The molecule has 3 N–H and O–H groups in total. The number of nitrogens with two attached hydrogens (primary N) is 1. The second-order valence-corrected chi connectivity index (χ2v) is 3.63. The van der Waals surface area contributed by atoms with Crippen LogP contribution in [0, 0.1) is 0 Å². The SMILES string of the molecule is NC(=O)c1ccnc(N(CC(=O)O)CC(F)(F)F)c1. The maximum absolute atomic E-state index is 12.3. The number of carbonyl (C=O) groups excluding carboxylic acids is 1. The molecule has 6 nitrogen and oxygen atoms in total. The summed E-state index contributed by atoms with van der Waals surface area (Å²) in [4.78, 5) is 25.6. The molecule has 0 fully saturated rings. The van der Waals surface area contributed by atoms with Crippen molar-refractivity contribution in [3.05, 3.63) is 23.9 Å². The van der Waals surface area contributed by atoms with Gasteiger partial charge in [0.1, 0.15) is 18.9 Å². The number of amides is 1. The van der Waals surface area contributed by atoms with E-state index in [1.54, 1.807) is 0 Å². The summed E-state index contributed by atoms with van der Waals surface area (Å²) in [6.45, 7) is -2.39. The van der Waals surface area contributed by atoms with E-state index in [2.05, 4.69) is 4.98 Å². The van der Waals surface area contributed by atoms with E-state index in [0.29, 0.717) is 4.90 Å². The molecule has 1 heterocycles. The van der Waals surface area contributed by atoms with E-state index in [4.69, 9.17) is 10.8 Å². The van der Waals surface area contributed by atoms with Gasteiger partial charge in [0, 0.05) is 11.8 Å². The van der Waals surface area contributed by atoms with Crippen molar-refractivity contribution in [2.45, 2.75) is 6.18 Å². The number of halogens is 3. The predicted octanol–water partition coefficient (Wildman–Crippen LogP) is 0.634. The fourth-order valence-corrected chi connectivity index (χ4v) is 1.34. The topological polar surface area (TPSA) is 96.5 Å². The van der Waals surface area contributed by atoms with Crippen LogP contribution < -0.4 is 10.6 Å². The number of hydrogen-bond donors (Lipinski definition) is 2. The number of rotatable bonds is 5. The summed E-state index contributed by atoms with van der Waals surface area (Å²) < 4.78 is 37.0. The van der Waals surface area contributed by atoms with Crippen LogP contribution in [0.25, 0.3) is 0 Å². The number of pyridine rings is 1. The summed E-state index contributed by atoms with van der Waals surface area (Å²) >= 11 is 0. The van der Waals surface area contributed by atoms with E-state index in [9.17, 15) is 22.8 Å². The first-order chi connectivity index (χ1) is 8.69. The van der Waals surface area contributed by atoms with Gasteiger partial charge < -0.3 is 15.7 Å². The van der Waals surface area contributed by atoms with Crippen LogP contribution in [0.2, 0.25) is 0 Å². The minimum atomic E-state index is -4.60. The lowest BCUT2D eigenvalue weighted by atomic mass is 10.2. The van der Waals surface area contributed by atoms with Crippen LogP contribution in [0.5, 0.6) is 0 Å². The second-order valence-electron chi connectivity index (χ2n) is 3.63. The highest BCUT2D eigenvalue weighted by atomic mass is 19.4. The summed E-state index contributed by atoms with van der Waals surface area (Å²) in [5, 5.41) is 8.59. The molecule has 0 spiro atoms. The molecular weight excluding hydrogens is 267 g/mol. The summed E-state index contributed by atoms with van der Waals surface area (Å²) in [6, 6.07) is 2.23. The fraction of sp³-hybridized carbons (Fsp3) is 0.300. The lowest BCUT2D eigenvalue weighted by Crippen LogP contribution is -2.38. The fourth-order valence-electron chi connectivity index (χ4n) is 1.34. The molecule has 0 bridgehead atoms. The zero-order valence-corrected chi connectivity index (χ0v) is 9.52. The Kier molecular flexibility index (Phi) is 4.30. The number of primary amides is 1. The molecule has 0 saturated carbocycles. The highest BCUT2D eigenvalue weighted by Gasteiger charge is 2.32. The van der Waals surface area contributed by atoms with Crippen molar-refractivity contribution in [1.82, 2.24) is 4.98 Å². The molecule has 19 heavy (non-hydrogen) atoms. The molecule has 0 saturated heterocycles. The van der Waals surface area contributed by atoms with Crippen LogP contribution in [0.15, 0.2) is 18.3 Å². The van der Waals surface area contributed by atoms with Gasteiger partial charge in [0.15, 0.2) is 0 Å². The highest BCUT2D eigenvalue weighted by Crippen LogP contribution is 2.21. The lowest BCUT2D eigenvalue weighted by molar-refractivity contribution is -0.136. The smallest absolute Gasteiger partial charge is 0.405 e. The van der Waals surface area contributed by atoms with Gasteiger partial charge in [-0.25, -0.2) is 4.98 Å². The molecule has 1 rings (SSSR count). The average molecular weight is 277 g/mol. The van der Waals surface area contributed by atoms with Crippen molar-refractivity contribution in [2.75, 3.05) is 18.0 Å². The summed E-state index contributed by atoms with van der Waals surface area (Å²) in [6.07, 6.45) is -3.51. The zero-order chi connectivity index (χ0) is 14.6. The van der Waals surface area contributed by atoms with E-state index in [1.165, 1.54) is 6.07 Å². The van der Waals surface area contributed by atoms with Gasteiger partial charge in [-0.1, -0.05) is 0 Å². The van der Waals surface area contributed by atoms with Gasteiger partial charge in [-0.15, -0.1) is 0 Å². The van der Waals surface area contributed by atoms with Gasteiger partial charge in [-0.2, -0.15) is 13.2 Å². The Morgan fingerprint density at radius 2 is 2.05 bits per heavy atom. The van der Waals surface area contributed by atoms with Crippen LogP contribution in [0.3, 0.4) is 0 Å². The first-order valence-corrected chi connectivity index (χ1v) is 4.98. The van der Waals surface area contributed by atoms with Crippen LogP contribution in [-0.2, 0) is 4.79 Å². The number of hydrogen-bond acceptors (Lipinski definition) is 4. The number of carboxylic acids is 1. The molecule has 0 atom stereocenters. The normalized spacial score (nSPS) is 11.1. The number of alkyl halides is 3.